The molecule has 1 aromatic rings. The predicted octanol–water partition coefficient (Wildman–Crippen LogP) is 1.22. The van der Waals surface area contributed by atoms with E-state index in [1.807, 2.05) is 6.92 Å². The summed E-state index contributed by atoms with van der Waals surface area (Å²) in [7, 11) is -3.40. The number of aryl methyl sites for hydroxylation is 1. The molecule has 0 spiro atoms. The number of H-pyrrole nitrogens is 1. The highest BCUT2D eigenvalue weighted by Gasteiger charge is 2.33. The summed E-state index contributed by atoms with van der Waals surface area (Å²) in [6, 6.07) is 0.562. The number of nitrogens with zero attached hydrogens (tertiary/aromatic N) is 3. The number of aromatic amines is 1. The fourth-order valence-electron chi connectivity index (χ4n) is 3.35. The van der Waals surface area contributed by atoms with Gasteiger partial charge in [0.05, 0.1) is 6.20 Å². The number of aromatic nitrogens is 2. The van der Waals surface area contributed by atoms with E-state index in [0.717, 1.165) is 18.7 Å². The SMILES string of the molecule is CCc1ncc(S(=O)(=O)N2CCC(N3CCCC3)CC2)[nH]1. The van der Waals surface area contributed by atoms with Crippen LogP contribution in [0, 0.1) is 0 Å². The molecule has 6 nitrogen and oxygen atoms in total. The van der Waals surface area contributed by atoms with Gasteiger partial charge in [-0.15, -0.1) is 0 Å². The van der Waals surface area contributed by atoms with Crippen molar-refractivity contribution in [3.8, 4) is 0 Å². The van der Waals surface area contributed by atoms with Crippen molar-refractivity contribution in [2.75, 3.05) is 26.2 Å². The van der Waals surface area contributed by atoms with Crippen LogP contribution in [0.25, 0.3) is 0 Å². The topological polar surface area (TPSA) is 69.3 Å². The number of sulfonamides is 1. The van der Waals surface area contributed by atoms with Crippen molar-refractivity contribution in [1.29, 1.82) is 0 Å². The predicted molar refractivity (Wildman–Crippen MR) is 80.6 cm³/mol. The van der Waals surface area contributed by atoms with Crippen LogP contribution in [-0.4, -0.2) is 59.8 Å². The Hall–Kier alpha value is -0.920. The summed E-state index contributed by atoms with van der Waals surface area (Å²) in [6.07, 6.45) is 6.61. The van der Waals surface area contributed by atoms with E-state index in [1.54, 1.807) is 4.31 Å². The lowest BCUT2D eigenvalue weighted by molar-refractivity contribution is 0.167. The summed E-state index contributed by atoms with van der Waals surface area (Å²) in [5.74, 6) is 0.723. The zero-order valence-corrected chi connectivity index (χ0v) is 13.4. The molecule has 1 aromatic heterocycles. The molecule has 0 aliphatic carbocycles. The van der Waals surface area contributed by atoms with Crippen molar-refractivity contribution in [2.45, 2.75) is 50.1 Å². The van der Waals surface area contributed by atoms with E-state index >= 15 is 0 Å². The zero-order valence-electron chi connectivity index (χ0n) is 12.6. The van der Waals surface area contributed by atoms with Gasteiger partial charge in [0, 0.05) is 25.6 Å². The van der Waals surface area contributed by atoms with Crippen LogP contribution in [-0.2, 0) is 16.4 Å². The Morgan fingerprint density at radius 2 is 1.90 bits per heavy atom. The fourth-order valence-corrected chi connectivity index (χ4v) is 4.75. The van der Waals surface area contributed by atoms with Crippen LogP contribution in [0.2, 0.25) is 0 Å². The average molecular weight is 312 g/mol. The third-order valence-corrected chi connectivity index (χ3v) is 6.45. The van der Waals surface area contributed by atoms with Gasteiger partial charge >= 0.3 is 0 Å². The molecular weight excluding hydrogens is 288 g/mol. The summed E-state index contributed by atoms with van der Waals surface area (Å²) in [4.78, 5) is 9.54. The highest BCUT2D eigenvalue weighted by Crippen LogP contribution is 2.24. The van der Waals surface area contributed by atoms with E-state index in [4.69, 9.17) is 0 Å². The summed E-state index contributed by atoms with van der Waals surface area (Å²) in [5, 5.41) is 0.235. The van der Waals surface area contributed by atoms with Crippen LogP contribution in [0.15, 0.2) is 11.2 Å². The summed E-state index contributed by atoms with van der Waals surface area (Å²) in [6.45, 7) is 5.54. The second-order valence-corrected chi connectivity index (χ2v) is 7.83. The molecule has 0 bridgehead atoms. The van der Waals surface area contributed by atoms with Crippen molar-refractivity contribution in [2.24, 2.45) is 0 Å². The molecule has 7 heteroatoms. The number of piperidine rings is 1. The van der Waals surface area contributed by atoms with Gasteiger partial charge < -0.3 is 9.88 Å². The normalized spacial score (nSPS) is 22.9. The minimum atomic E-state index is -3.40. The zero-order chi connectivity index (χ0) is 14.9. The Labute approximate surface area is 126 Å². The summed E-state index contributed by atoms with van der Waals surface area (Å²) >= 11 is 0. The minimum Gasteiger partial charge on any atom is -0.332 e. The quantitative estimate of drug-likeness (QED) is 0.907. The molecule has 0 aromatic carbocycles. The van der Waals surface area contributed by atoms with E-state index in [2.05, 4.69) is 14.9 Å². The lowest BCUT2D eigenvalue weighted by atomic mass is 10.1. The van der Waals surface area contributed by atoms with Gasteiger partial charge in [-0.25, -0.2) is 13.4 Å². The average Bonchev–Trinajstić information content (AvgIpc) is 3.19. The molecule has 2 fully saturated rings. The first-order valence-corrected chi connectivity index (χ1v) is 9.33. The largest absolute Gasteiger partial charge is 0.332 e. The Balaban J connectivity index is 1.65. The van der Waals surface area contributed by atoms with E-state index < -0.39 is 10.0 Å². The van der Waals surface area contributed by atoms with Crippen molar-refractivity contribution in [1.82, 2.24) is 19.2 Å². The molecule has 3 rings (SSSR count). The number of hydrogen-bond acceptors (Lipinski definition) is 4. The van der Waals surface area contributed by atoms with Crippen LogP contribution < -0.4 is 0 Å². The minimum absolute atomic E-state index is 0.235. The second-order valence-electron chi connectivity index (χ2n) is 5.93. The monoisotopic (exact) mass is 312 g/mol. The van der Waals surface area contributed by atoms with Crippen molar-refractivity contribution in [3.05, 3.63) is 12.0 Å². The van der Waals surface area contributed by atoms with Crippen molar-refractivity contribution in [3.63, 3.8) is 0 Å². The van der Waals surface area contributed by atoms with Gasteiger partial charge in [0.2, 0.25) is 0 Å². The molecule has 0 amide bonds. The maximum absolute atomic E-state index is 12.6. The highest BCUT2D eigenvalue weighted by atomic mass is 32.2. The highest BCUT2D eigenvalue weighted by molar-refractivity contribution is 7.89. The number of likely N-dealkylation sites (tertiary alicyclic amines) is 1. The third-order valence-electron chi connectivity index (χ3n) is 4.64. The Bertz CT molecular complexity index is 570. The number of imidazole rings is 1. The Morgan fingerprint density at radius 1 is 1.24 bits per heavy atom. The van der Waals surface area contributed by atoms with Gasteiger partial charge in [-0.2, -0.15) is 4.31 Å². The van der Waals surface area contributed by atoms with Gasteiger partial charge in [-0.3, -0.25) is 0 Å². The first-order chi connectivity index (χ1) is 10.1. The van der Waals surface area contributed by atoms with Gasteiger partial charge in [-0.05, 0) is 38.8 Å². The maximum atomic E-state index is 12.6. The molecule has 2 saturated heterocycles. The lowest BCUT2D eigenvalue weighted by Crippen LogP contribution is -2.45. The molecule has 0 saturated carbocycles. The number of hydrogen-bond donors (Lipinski definition) is 1. The first-order valence-electron chi connectivity index (χ1n) is 7.89. The van der Waals surface area contributed by atoms with Gasteiger partial charge in [-0.1, -0.05) is 6.92 Å². The molecule has 2 aliphatic rings. The molecule has 1 N–H and O–H groups in total. The van der Waals surface area contributed by atoms with E-state index in [0.29, 0.717) is 25.6 Å². The van der Waals surface area contributed by atoms with Gasteiger partial charge in [0.15, 0.2) is 5.03 Å². The van der Waals surface area contributed by atoms with Crippen LogP contribution >= 0.6 is 0 Å². The molecule has 3 heterocycles. The van der Waals surface area contributed by atoms with Crippen LogP contribution in [0.5, 0.6) is 0 Å². The fraction of sp³-hybridized carbons (Fsp3) is 0.786. The molecule has 0 atom stereocenters. The molecule has 118 valence electrons. The maximum Gasteiger partial charge on any atom is 0.260 e. The number of rotatable bonds is 4. The molecule has 0 radical (unpaired) electrons. The Morgan fingerprint density at radius 3 is 2.48 bits per heavy atom. The van der Waals surface area contributed by atoms with E-state index in [9.17, 15) is 8.42 Å². The molecule has 21 heavy (non-hydrogen) atoms. The summed E-state index contributed by atoms with van der Waals surface area (Å²) in [5.41, 5.74) is 0. The van der Waals surface area contributed by atoms with E-state index in [1.165, 1.54) is 32.1 Å². The second kappa shape index (κ2) is 6.06. The van der Waals surface area contributed by atoms with Gasteiger partial charge in [0.25, 0.3) is 10.0 Å². The van der Waals surface area contributed by atoms with Gasteiger partial charge in [0.1, 0.15) is 5.82 Å². The van der Waals surface area contributed by atoms with Crippen molar-refractivity contribution < 1.29 is 8.42 Å². The molecule has 2 aliphatic heterocycles. The van der Waals surface area contributed by atoms with Crippen LogP contribution in [0.3, 0.4) is 0 Å². The standard InChI is InChI=1S/C14H24N4O2S/c1-2-13-15-11-14(16-13)21(19,20)18-9-5-12(6-10-18)17-7-3-4-8-17/h11-12H,2-10H2,1H3,(H,15,16). The number of nitrogens with one attached hydrogen (secondary N) is 1. The first kappa shape index (κ1) is 15.0. The smallest absolute Gasteiger partial charge is 0.260 e. The molecular formula is C14H24N4O2S. The Kier molecular flexibility index (Phi) is 4.33. The van der Waals surface area contributed by atoms with Crippen LogP contribution in [0.1, 0.15) is 38.4 Å². The van der Waals surface area contributed by atoms with E-state index in [-0.39, 0.29) is 5.03 Å². The summed E-state index contributed by atoms with van der Waals surface area (Å²) < 4.78 is 26.8. The molecule has 0 unspecified atom stereocenters. The third kappa shape index (κ3) is 3.00. The lowest BCUT2D eigenvalue weighted by Gasteiger charge is -2.35. The van der Waals surface area contributed by atoms with Crippen LogP contribution in [0.4, 0.5) is 0 Å². The van der Waals surface area contributed by atoms with Crippen molar-refractivity contribution >= 4 is 10.0 Å².